The zero-order valence-electron chi connectivity index (χ0n) is 11.7. The smallest absolute Gasteiger partial charge is 0.226 e. The molecule has 6 nitrogen and oxygen atoms in total. The third kappa shape index (κ3) is 3.94. The quantitative estimate of drug-likeness (QED) is 0.890. The number of rotatable bonds is 5. The van der Waals surface area contributed by atoms with Gasteiger partial charge in [0.1, 0.15) is 0 Å². The maximum absolute atomic E-state index is 5.58. The van der Waals surface area contributed by atoms with Crippen LogP contribution >= 0.6 is 0 Å². The van der Waals surface area contributed by atoms with Crippen LogP contribution in [0.15, 0.2) is 18.5 Å². The summed E-state index contributed by atoms with van der Waals surface area (Å²) in [4.78, 5) is 8.66. The normalized spacial score (nSPS) is 10.8. The minimum atomic E-state index is 0.0977. The van der Waals surface area contributed by atoms with E-state index in [1.54, 1.807) is 4.68 Å². The molecule has 0 aliphatic rings. The van der Waals surface area contributed by atoms with Gasteiger partial charge < -0.3 is 10.1 Å². The molecule has 0 bridgehead atoms. The van der Waals surface area contributed by atoms with Crippen LogP contribution in [0.1, 0.15) is 25.1 Å². The Hall–Kier alpha value is -2.11. The summed E-state index contributed by atoms with van der Waals surface area (Å²) in [5.41, 5.74) is 1.96. The van der Waals surface area contributed by atoms with Gasteiger partial charge in [-0.05, 0) is 20.8 Å². The minimum absolute atomic E-state index is 0.0977. The van der Waals surface area contributed by atoms with Gasteiger partial charge >= 0.3 is 0 Å². The summed E-state index contributed by atoms with van der Waals surface area (Å²) in [5.74, 6) is 1.16. The molecule has 19 heavy (non-hydrogen) atoms. The largest absolute Gasteiger partial charge is 0.475 e. The summed E-state index contributed by atoms with van der Waals surface area (Å²) < 4.78 is 7.35. The summed E-state index contributed by atoms with van der Waals surface area (Å²) in [6, 6.07) is 1.83. The Labute approximate surface area is 112 Å². The van der Waals surface area contributed by atoms with Crippen LogP contribution in [-0.4, -0.2) is 25.9 Å². The fraction of sp³-hybridized carbons (Fsp3) is 0.462. The van der Waals surface area contributed by atoms with Gasteiger partial charge in [-0.3, -0.25) is 4.68 Å². The molecule has 0 spiro atoms. The fourth-order valence-corrected chi connectivity index (χ4v) is 1.66. The first-order valence-electron chi connectivity index (χ1n) is 6.26. The van der Waals surface area contributed by atoms with E-state index in [2.05, 4.69) is 20.4 Å². The molecule has 0 aliphatic heterocycles. The Kier molecular flexibility index (Phi) is 3.99. The van der Waals surface area contributed by atoms with Gasteiger partial charge in [-0.2, -0.15) is 10.1 Å². The Morgan fingerprint density at radius 3 is 2.79 bits per heavy atom. The van der Waals surface area contributed by atoms with Crippen LogP contribution in [-0.2, 0) is 13.6 Å². The molecule has 0 amide bonds. The first kappa shape index (κ1) is 13.3. The number of aromatic nitrogens is 4. The van der Waals surface area contributed by atoms with Gasteiger partial charge in [-0.1, -0.05) is 0 Å². The second kappa shape index (κ2) is 5.69. The molecule has 0 fully saturated rings. The maximum atomic E-state index is 5.58. The van der Waals surface area contributed by atoms with E-state index in [1.807, 2.05) is 46.3 Å². The van der Waals surface area contributed by atoms with Crippen LogP contribution in [0.25, 0.3) is 0 Å². The molecule has 0 aliphatic carbocycles. The Morgan fingerprint density at radius 1 is 1.37 bits per heavy atom. The molecule has 0 aromatic carbocycles. The van der Waals surface area contributed by atoms with Crippen molar-refractivity contribution in [2.75, 3.05) is 5.32 Å². The van der Waals surface area contributed by atoms with Gasteiger partial charge in [-0.25, -0.2) is 4.98 Å². The highest BCUT2D eigenvalue weighted by Crippen LogP contribution is 2.14. The van der Waals surface area contributed by atoms with Gasteiger partial charge in [0.2, 0.25) is 11.8 Å². The van der Waals surface area contributed by atoms with Crippen molar-refractivity contribution in [2.45, 2.75) is 33.4 Å². The molecule has 0 atom stereocenters. The zero-order chi connectivity index (χ0) is 13.8. The lowest BCUT2D eigenvalue weighted by Gasteiger charge is -2.11. The topological polar surface area (TPSA) is 64.9 Å². The summed E-state index contributed by atoms with van der Waals surface area (Å²) in [5, 5.41) is 7.29. The average molecular weight is 261 g/mol. The van der Waals surface area contributed by atoms with Crippen LogP contribution in [0.4, 0.5) is 5.95 Å². The fourth-order valence-electron chi connectivity index (χ4n) is 1.66. The van der Waals surface area contributed by atoms with Crippen LogP contribution in [0, 0.1) is 6.92 Å². The van der Waals surface area contributed by atoms with Crippen molar-refractivity contribution < 1.29 is 4.74 Å². The van der Waals surface area contributed by atoms with Crippen molar-refractivity contribution in [1.82, 2.24) is 19.7 Å². The van der Waals surface area contributed by atoms with E-state index in [9.17, 15) is 0 Å². The lowest BCUT2D eigenvalue weighted by molar-refractivity contribution is 0.232. The molecule has 102 valence electrons. The Morgan fingerprint density at radius 2 is 2.16 bits per heavy atom. The molecule has 2 rings (SSSR count). The minimum Gasteiger partial charge on any atom is -0.475 e. The molecule has 2 heterocycles. The standard InChI is InChI=1S/C13H19N5O/c1-9(2)19-12-5-10(3)16-13(17-12)14-6-11-7-15-18(4)8-11/h5,7-9H,6H2,1-4H3,(H,14,16,17). The first-order valence-corrected chi connectivity index (χ1v) is 6.26. The molecule has 6 heteroatoms. The number of nitrogens with one attached hydrogen (secondary N) is 1. The molecule has 0 radical (unpaired) electrons. The second-order valence-corrected chi connectivity index (χ2v) is 4.71. The summed E-state index contributed by atoms with van der Waals surface area (Å²) in [6.07, 6.45) is 3.86. The lowest BCUT2D eigenvalue weighted by atomic mass is 10.3. The molecule has 0 saturated carbocycles. The van der Waals surface area contributed by atoms with Crippen molar-refractivity contribution in [3.63, 3.8) is 0 Å². The van der Waals surface area contributed by atoms with E-state index >= 15 is 0 Å². The summed E-state index contributed by atoms with van der Waals surface area (Å²) in [6.45, 7) is 6.50. The Balaban J connectivity index is 2.05. The van der Waals surface area contributed by atoms with Gasteiger partial charge in [0.05, 0.1) is 12.3 Å². The van der Waals surface area contributed by atoms with Crippen molar-refractivity contribution in [3.8, 4) is 5.88 Å². The molecular formula is C13H19N5O. The van der Waals surface area contributed by atoms with Gasteiger partial charge in [0.25, 0.3) is 0 Å². The van der Waals surface area contributed by atoms with Gasteiger partial charge in [0.15, 0.2) is 0 Å². The number of aryl methyl sites for hydroxylation is 2. The van der Waals surface area contributed by atoms with E-state index in [1.165, 1.54) is 0 Å². The van der Waals surface area contributed by atoms with Crippen LogP contribution in [0.5, 0.6) is 5.88 Å². The molecular weight excluding hydrogens is 242 g/mol. The maximum Gasteiger partial charge on any atom is 0.226 e. The van der Waals surface area contributed by atoms with Crippen molar-refractivity contribution in [2.24, 2.45) is 7.05 Å². The summed E-state index contributed by atoms with van der Waals surface area (Å²) in [7, 11) is 1.89. The first-order chi connectivity index (χ1) is 9.02. The number of anilines is 1. The van der Waals surface area contributed by atoms with E-state index in [0.29, 0.717) is 18.4 Å². The number of ether oxygens (including phenoxy) is 1. The highest BCUT2D eigenvalue weighted by atomic mass is 16.5. The summed E-state index contributed by atoms with van der Waals surface area (Å²) >= 11 is 0. The van der Waals surface area contributed by atoms with E-state index < -0.39 is 0 Å². The predicted molar refractivity (Wildman–Crippen MR) is 73.1 cm³/mol. The third-order valence-electron chi connectivity index (χ3n) is 2.40. The highest BCUT2D eigenvalue weighted by Gasteiger charge is 2.05. The predicted octanol–water partition coefficient (Wildman–Crippen LogP) is 1.92. The monoisotopic (exact) mass is 261 g/mol. The molecule has 0 saturated heterocycles. The molecule has 2 aromatic rings. The SMILES string of the molecule is Cc1cc(OC(C)C)nc(NCc2cnn(C)c2)n1. The average Bonchev–Trinajstić information content (AvgIpc) is 2.71. The third-order valence-corrected chi connectivity index (χ3v) is 2.40. The Bertz CT molecular complexity index is 550. The van der Waals surface area contributed by atoms with Crippen LogP contribution in [0.3, 0.4) is 0 Å². The van der Waals surface area contributed by atoms with Crippen molar-refractivity contribution in [1.29, 1.82) is 0 Å². The molecule has 0 unspecified atom stereocenters. The van der Waals surface area contributed by atoms with Crippen molar-refractivity contribution >= 4 is 5.95 Å². The second-order valence-electron chi connectivity index (χ2n) is 4.71. The van der Waals surface area contributed by atoms with Crippen LogP contribution < -0.4 is 10.1 Å². The van der Waals surface area contributed by atoms with Gasteiger partial charge in [0, 0.05) is 37.1 Å². The van der Waals surface area contributed by atoms with E-state index in [0.717, 1.165) is 11.3 Å². The number of hydrogen-bond acceptors (Lipinski definition) is 5. The zero-order valence-corrected chi connectivity index (χ0v) is 11.7. The van der Waals surface area contributed by atoms with E-state index in [4.69, 9.17) is 4.74 Å². The number of hydrogen-bond donors (Lipinski definition) is 1. The molecule has 2 aromatic heterocycles. The van der Waals surface area contributed by atoms with Crippen LogP contribution in [0.2, 0.25) is 0 Å². The number of nitrogens with zero attached hydrogens (tertiary/aromatic N) is 4. The highest BCUT2D eigenvalue weighted by molar-refractivity contribution is 5.31. The van der Waals surface area contributed by atoms with Gasteiger partial charge in [-0.15, -0.1) is 0 Å². The van der Waals surface area contributed by atoms with Crippen molar-refractivity contribution in [3.05, 3.63) is 29.7 Å². The lowest BCUT2D eigenvalue weighted by Crippen LogP contribution is -2.10. The molecule has 1 N–H and O–H groups in total. The van der Waals surface area contributed by atoms with E-state index in [-0.39, 0.29) is 6.10 Å².